The van der Waals surface area contributed by atoms with Gasteiger partial charge in [-0.1, -0.05) is 26.0 Å². The molecule has 0 aromatic heterocycles. The Labute approximate surface area is 107 Å². The van der Waals surface area contributed by atoms with Gasteiger partial charge < -0.3 is 10.4 Å². The molecule has 18 heavy (non-hydrogen) atoms. The molecule has 96 valence electrons. The molecule has 1 amide bonds. The number of aliphatic hydroxyl groups is 1. The van der Waals surface area contributed by atoms with Crippen LogP contribution >= 0.6 is 0 Å². The largest absolute Gasteiger partial charge is 0.383 e. The van der Waals surface area contributed by atoms with Crippen molar-refractivity contribution in [3.63, 3.8) is 0 Å². The molecule has 4 nitrogen and oxygen atoms in total. The van der Waals surface area contributed by atoms with E-state index in [1.165, 1.54) is 0 Å². The van der Waals surface area contributed by atoms with Crippen molar-refractivity contribution in [1.29, 1.82) is 5.26 Å². The van der Waals surface area contributed by atoms with E-state index in [9.17, 15) is 9.90 Å². The molecule has 2 unspecified atom stereocenters. The van der Waals surface area contributed by atoms with Gasteiger partial charge in [0.1, 0.15) is 6.10 Å². The normalized spacial score (nSPS) is 13.8. The monoisotopic (exact) mass is 246 g/mol. The van der Waals surface area contributed by atoms with E-state index < -0.39 is 6.10 Å². The number of nitriles is 1. The second-order valence-corrected chi connectivity index (χ2v) is 4.65. The zero-order valence-electron chi connectivity index (χ0n) is 10.8. The molecule has 0 bridgehead atoms. The zero-order valence-corrected chi connectivity index (χ0v) is 10.8. The fourth-order valence-corrected chi connectivity index (χ4v) is 1.53. The van der Waals surface area contributed by atoms with Crippen LogP contribution in [-0.4, -0.2) is 17.1 Å². The standard InChI is InChI=1S/C14H18N2O2/c1-9(2)13(17)14(18)16-10(3)12-6-4-11(8-15)5-7-12/h4-7,9-10,13,17H,1-3H3,(H,16,18). The van der Waals surface area contributed by atoms with Crippen molar-refractivity contribution in [2.45, 2.75) is 32.9 Å². The Bertz CT molecular complexity index is 446. The molecule has 0 radical (unpaired) electrons. The van der Waals surface area contributed by atoms with Crippen molar-refractivity contribution < 1.29 is 9.90 Å². The smallest absolute Gasteiger partial charge is 0.249 e. The van der Waals surface area contributed by atoms with Crippen molar-refractivity contribution in [1.82, 2.24) is 5.32 Å². The third-order valence-electron chi connectivity index (χ3n) is 2.80. The van der Waals surface area contributed by atoms with Gasteiger partial charge in [0.05, 0.1) is 17.7 Å². The van der Waals surface area contributed by atoms with E-state index in [1.807, 2.05) is 13.0 Å². The van der Waals surface area contributed by atoms with E-state index >= 15 is 0 Å². The molecule has 0 aliphatic carbocycles. The molecule has 2 atom stereocenters. The molecular weight excluding hydrogens is 228 g/mol. The van der Waals surface area contributed by atoms with Gasteiger partial charge in [-0.3, -0.25) is 4.79 Å². The molecule has 0 spiro atoms. The van der Waals surface area contributed by atoms with E-state index in [1.54, 1.807) is 38.1 Å². The molecule has 1 rings (SSSR count). The van der Waals surface area contributed by atoms with Gasteiger partial charge in [-0.05, 0) is 30.5 Å². The van der Waals surface area contributed by atoms with Crippen LogP contribution in [0.15, 0.2) is 24.3 Å². The minimum Gasteiger partial charge on any atom is -0.383 e. The Morgan fingerprint density at radius 2 is 1.83 bits per heavy atom. The summed E-state index contributed by atoms with van der Waals surface area (Å²) < 4.78 is 0. The lowest BCUT2D eigenvalue weighted by Crippen LogP contribution is -2.38. The molecule has 1 aromatic carbocycles. The molecule has 1 aromatic rings. The summed E-state index contributed by atoms with van der Waals surface area (Å²) in [4.78, 5) is 11.7. The SMILES string of the molecule is CC(NC(=O)C(O)C(C)C)c1ccc(C#N)cc1. The first kappa shape index (κ1) is 14.2. The van der Waals surface area contributed by atoms with Crippen molar-refractivity contribution in [2.24, 2.45) is 5.92 Å². The van der Waals surface area contributed by atoms with E-state index in [2.05, 4.69) is 5.32 Å². The molecule has 2 N–H and O–H groups in total. The van der Waals surface area contributed by atoms with Gasteiger partial charge in [-0.25, -0.2) is 0 Å². The molecule has 0 heterocycles. The Kier molecular flexibility index (Phi) is 4.87. The number of amides is 1. The average molecular weight is 246 g/mol. The van der Waals surface area contributed by atoms with Crippen molar-refractivity contribution >= 4 is 5.91 Å². The molecule has 0 aliphatic heterocycles. The number of carbonyl (C=O) groups excluding carboxylic acids is 1. The Balaban J connectivity index is 2.67. The predicted molar refractivity (Wildman–Crippen MR) is 68.6 cm³/mol. The zero-order chi connectivity index (χ0) is 13.7. The Hall–Kier alpha value is -1.86. The molecule has 0 saturated carbocycles. The summed E-state index contributed by atoms with van der Waals surface area (Å²) in [5, 5.41) is 21.1. The quantitative estimate of drug-likeness (QED) is 0.850. The van der Waals surface area contributed by atoms with Gasteiger partial charge >= 0.3 is 0 Å². The Morgan fingerprint density at radius 3 is 2.28 bits per heavy atom. The maximum Gasteiger partial charge on any atom is 0.249 e. The van der Waals surface area contributed by atoms with Crippen molar-refractivity contribution in [3.8, 4) is 6.07 Å². The van der Waals surface area contributed by atoms with Crippen molar-refractivity contribution in [2.75, 3.05) is 0 Å². The van der Waals surface area contributed by atoms with Crippen LogP contribution in [0.25, 0.3) is 0 Å². The summed E-state index contributed by atoms with van der Waals surface area (Å²) in [5.41, 5.74) is 1.48. The lowest BCUT2D eigenvalue weighted by Gasteiger charge is -2.19. The number of rotatable bonds is 4. The topological polar surface area (TPSA) is 73.1 Å². The third-order valence-corrected chi connectivity index (χ3v) is 2.80. The third kappa shape index (κ3) is 3.57. The number of benzene rings is 1. The molecule has 0 saturated heterocycles. The van der Waals surface area contributed by atoms with E-state index in [0.717, 1.165) is 5.56 Å². The van der Waals surface area contributed by atoms with Gasteiger partial charge in [-0.15, -0.1) is 0 Å². The van der Waals surface area contributed by atoms with Crippen LogP contribution in [0.3, 0.4) is 0 Å². The van der Waals surface area contributed by atoms with Crippen LogP contribution in [0, 0.1) is 17.2 Å². The number of nitrogens with one attached hydrogen (secondary N) is 1. The van der Waals surface area contributed by atoms with Crippen molar-refractivity contribution in [3.05, 3.63) is 35.4 Å². The van der Waals surface area contributed by atoms with E-state index in [-0.39, 0.29) is 17.9 Å². The maximum absolute atomic E-state index is 11.7. The first-order valence-corrected chi connectivity index (χ1v) is 5.94. The summed E-state index contributed by atoms with van der Waals surface area (Å²) in [6.07, 6.45) is -0.995. The molecule has 0 aliphatic rings. The number of nitrogens with zero attached hydrogens (tertiary/aromatic N) is 1. The van der Waals surface area contributed by atoms with Gasteiger partial charge in [-0.2, -0.15) is 5.26 Å². The molecule has 0 fully saturated rings. The average Bonchev–Trinajstić information content (AvgIpc) is 2.37. The van der Waals surface area contributed by atoms with Gasteiger partial charge in [0.15, 0.2) is 0 Å². The summed E-state index contributed by atoms with van der Waals surface area (Å²) >= 11 is 0. The summed E-state index contributed by atoms with van der Waals surface area (Å²) in [6, 6.07) is 8.85. The lowest BCUT2D eigenvalue weighted by molar-refractivity contribution is -0.132. The highest BCUT2D eigenvalue weighted by atomic mass is 16.3. The fourth-order valence-electron chi connectivity index (χ4n) is 1.53. The predicted octanol–water partition coefficient (Wildman–Crippen LogP) is 1.75. The van der Waals surface area contributed by atoms with Crippen LogP contribution in [0.1, 0.15) is 37.9 Å². The minimum absolute atomic E-state index is 0.113. The van der Waals surface area contributed by atoms with E-state index in [0.29, 0.717) is 5.56 Å². The lowest BCUT2D eigenvalue weighted by atomic mass is 10.0. The van der Waals surface area contributed by atoms with Crippen LogP contribution in [0.2, 0.25) is 0 Å². The Morgan fingerprint density at radius 1 is 1.28 bits per heavy atom. The second-order valence-electron chi connectivity index (χ2n) is 4.65. The van der Waals surface area contributed by atoms with E-state index in [4.69, 9.17) is 5.26 Å². The van der Waals surface area contributed by atoms with Gasteiger partial charge in [0, 0.05) is 0 Å². The fraction of sp³-hybridized carbons (Fsp3) is 0.429. The first-order chi connectivity index (χ1) is 8.45. The van der Waals surface area contributed by atoms with Crippen LogP contribution in [0.4, 0.5) is 0 Å². The van der Waals surface area contributed by atoms with Gasteiger partial charge in [0.25, 0.3) is 0 Å². The highest BCUT2D eigenvalue weighted by molar-refractivity contribution is 5.81. The molecule has 4 heteroatoms. The number of aliphatic hydroxyl groups excluding tert-OH is 1. The van der Waals surface area contributed by atoms with Crippen LogP contribution < -0.4 is 5.32 Å². The number of carbonyl (C=O) groups is 1. The minimum atomic E-state index is -0.995. The first-order valence-electron chi connectivity index (χ1n) is 5.94. The number of hydrogen-bond donors (Lipinski definition) is 2. The highest BCUT2D eigenvalue weighted by Gasteiger charge is 2.20. The summed E-state index contributed by atoms with van der Waals surface area (Å²) in [7, 11) is 0. The van der Waals surface area contributed by atoms with Gasteiger partial charge in [0.2, 0.25) is 5.91 Å². The number of hydrogen-bond acceptors (Lipinski definition) is 3. The molecular formula is C14H18N2O2. The van der Waals surface area contributed by atoms with Crippen LogP contribution in [-0.2, 0) is 4.79 Å². The highest BCUT2D eigenvalue weighted by Crippen LogP contribution is 2.14. The second kappa shape index (κ2) is 6.18. The maximum atomic E-state index is 11.7. The summed E-state index contributed by atoms with van der Waals surface area (Å²) in [5.74, 6) is -0.486. The van der Waals surface area contributed by atoms with Crippen LogP contribution in [0.5, 0.6) is 0 Å². The summed E-state index contributed by atoms with van der Waals surface area (Å²) in [6.45, 7) is 5.42.